The van der Waals surface area contributed by atoms with Crippen molar-refractivity contribution in [1.82, 2.24) is 10.3 Å². The molecule has 0 spiro atoms. The van der Waals surface area contributed by atoms with Crippen LogP contribution in [0.15, 0.2) is 18.3 Å². The van der Waals surface area contributed by atoms with Crippen LogP contribution < -0.4 is 10.6 Å². The summed E-state index contributed by atoms with van der Waals surface area (Å²) in [5.74, 6) is 1.15. The highest BCUT2D eigenvalue weighted by atomic mass is 16.4. The average Bonchev–Trinajstić information content (AvgIpc) is 3.33. The first kappa shape index (κ1) is 13.9. The summed E-state index contributed by atoms with van der Waals surface area (Å²) >= 11 is 0. The van der Waals surface area contributed by atoms with Gasteiger partial charge in [0.2, 0.25) is 0 Å². The van der Waals surface area contributed by atoms with E-state index in [1.807, 2.05) is 0 Å². The Hall–Kier alpha value is -2.11. The lowest BCUT2D eigenvalue weighted by Gasteiger charge is -2.16. The van der Waals surface area contributed by atoms with E-state index in [1.54, 1.807) is 0 Å². The van der Waals surface area contributed by atoms with Gasteiger partial charge in [-0.3, -0.25) is 0 Å². The number of nitrogens with one attached hydrogen (secondary N) is 2. The van der Waals surface area contributed by atoms with Crippen molar-refractivity contribution in [3.8, 4) is 0 Å². The Labute approximate surface area is 123 Å². The third kappa shape index (κ3) is 3.71. The number of hydrogen-bond acceptors (Lipinski definition) is 3. The largest absolute Gasteiger partial charge is 0.477 e. The van der Waals surface area contributed by atoms with Crippen molar-refractivity contribution in [1.29, 1.82) is 0 Å². The molecule has 0 aromatic carbocycles. The maximum Gasteiger partial charge on any atom is 0.354 e. The molecule has 0 atom stereocenters. The predicted molar refractivity (Wildman–Crippen MR) is 77.2 cm³/mol. The Morgan fingerprint density at radius 2 is 1.90 bits per heavy atom. The number of carboxylic acids is 1. The van der Waals surface area contributed by atoms with E-state index in [0.717, 1.165) is 18.4 Å². The zero-order valence-corrected chi connectivity index (χ0v) is 11.7. The minimum Gasteiger partial charge on any atom is -0.477 e. The summed E-state index contributed by atoms with van der Waals surface area (Å²) in [4.78, 5) is 26.3. The van der Waals surface area contributed by atoms with Crippen LogP contribution in [0.2, 0.25) is 0 Å². The molecular formula is C15H19N3O3. The third-order valence-electron chi connectivity index (χ3n) is 4.19. The van der Waals surface area contributed by atoms with Gasteiger partial charge in [0.15, 0.2) is 0 Å². The molecule has 6 heteroatoms. The molecule has 0 radical (unpaired) electrons. The molecule has 6 nitrogen and oxygen atoms in total. The Kier molecular flexibility index (Phi) is 3.77. The molecule has 112 valence electrons. The Morgan fingerprint density at radius 3 is 2.38 bits per heavy atom. The maximum absolute atomic E-state index is 11.9. The number of aromatic nitrogens is 1. The number of nitrogens with zero attached hydrogens (tertiary/aromatic N) is 1. The molecule has 0 bridgehead atoms. The lowest BCUT2D eigenvalue weighted by atomic mass is 9.98. The number of aromatic carboxylic acids is 1. The number of rotatable bonds is 6. The van der Waals surface area contributed by atoms with Crippen LogP contribution in [0.4, 0.5) is 10.5 Å². The van der Waals surface area contributed by atoms with Crippen LogP contribution >= 0.6 is 0 Å². The zero-order chi connectivity index (χ0) is 14.8. The molecule has 0 aliphatic heterocycles. The highest BCUT2D eigenvalue weighted by Gasteiger charge is 2.41. The van der Waals surface area contributed by atoms with Crippen molar-refractivity contribution < 1.29 is 14.7 Å². The average molecular weight is 289 g/mol. The highest BCUT2D eigenvalue weighted by Crippen LogP contribution is 2.48. The molecule has 1 heterocycles. The number of urea groups is 1. The van der Waals surface area contributed by atoms with Crippen molar-refractivity contribution in [2.75, 3.05) is 11.9 Å². The summed E-state index contributed by atoms with van der Waals surface area (Å²) in [7, 11) is 0. The second-order valence-electron chi connectivity index (χ2n) is 5.91. The van der Waals surface area contributed by atoms with Gasteiger partial charge in [-0.15, -0.1) is 0 Å². The summed E-state index contributed by atoms with van der Waals surface area (Å²) < 4.78 is 0. The molecular weight excluding hydrogens is 270 g/mol. The molecule has 2 amide bonds. The molecule has 2 aliphatic carbocycles. The number of carbonyl (C=O) groups is 2. The second kappa shape index (κ2) is 5.71. The van der Waals surface area contributed by atoms with Crippen LogP contribution in [-0.4, -0.2) is 28.6 Å². The molecule has 2 aliphatic rings. The molecule has 21 heavy (non-hydrogen) atoms. The van der Waals surface area contributed by atoms with Crippen LogP contribution in [0.3, 0.4) is 0 Å². The van der Waals surface area contributed by atoms with Gasteiger partial charge in [-0.2, -0.15) is 0 Å². The van der Waals surface area contributed by atoms with Gasteiger partial charge in [0.1, 0.15) is 5.69 Å². The summed E-state index contributed by atoms with van der Waals surface area (Å²) in [6.45, 7) is 0.724. The van der Waals surface area contributed by atoms with Crippen LogP contribution in [0.25, 0.3) is 0 Å². The fraction of sp³-hybridized carbons (Fsp3) is 0.533. The predicted octanol–water partition coefficient (Wildman–Crippen LogP) is 2.34. The van der Waals surface area contributed by atoms with Gasteiger partial charge >= 0.3 is 12.0 Å². The van der Waals surface area contributed by atoms with Crippen LogP contribution in [0, 0.1) is 17.8 Å². The van der Waals surface area contributed by atoms with Crippen molar-refractivity contribution >= 4 is 17.7 Å². The number of anilines is 1. The second-order valence-corrected chi connectivity index (χ2v) is 5.91. The summed E-state index contributed by atoms with van der Waals surface area (Å²) in [5.41, 5.74) is 0.454. The molecule has 2 fully saturated rings. The molecule has 2 saturated carbocycles. The normalized spacial score (nSPS) is 17.6. The fourth-order valence-electron chi connectivity index (χ4n) is 2.75. The highest BCUT2D eigenvalue weighted by molar-refractivity contribution is 5.90. The molecule has 3 N–H and O–H groups in total. The number of amides is 2. The van der Waals surface area contributed by atoms with E-state index in [1.165, 1.54) is 44.0 Å². The quantitative estimate of drug-likeness (QED) is 0.749. The fourth-order valence-corrected chi connectivity index (χ4v) is 2.75. The SMILES string of the molecule is O=C(NCC(C1CC1)C1CC1)Nc1ccc(C(=O)O)nc1. The lowest BCUT2D eigenvalue weighted by Crippen LogP contribution is -2.34. The van der Waals surface area contributed by atoms with E-state index in [-0.39, 0.29) is 11.7 Å². The molecule has 1 aromatic rings. The molecule has 3 rings (SSSR count). The summed E-state index contributed by atoms with van der Waals surface area (Å²) in [6, 6.07) is 2.65. The van der Waals surface area contributed by atoms with E-state index < -0.39 is 5.97 Å². The monoisotopic (exact) mass is 289 g/mol. The van der Waals surface area contributed by atoms with Crippen LogP contribution in [0.5, 0.6) is 0 Å². The topological polar surface area (TPSA) is 91.3 Å². The number of carbonyl (C=O) groups excluding carboxylic acids is 1. The summed E-state index contributed by atoms with van der Waals surface area (Å²) in [5, 5.41) is 14.4. The van der Waals surface area contributed by atoms with Crippen LogP contribution in [-0.2, 0) is 0 Å². The van der Waals surface area contributed by atoms with Crippen molar-refractivity contribution in [2.45, 2.75) is 25.7 Å². The van der Waals surface area contributed by atoms with E-state index >= 15 is 0 Å². The molecule has 0 unspecified atom stereocenters. The first-order valence-corrected chi connectivity index (χ1v) is 7.37. The van der Waals surface area contributed by atoms with E-state index in [2.05, 4.69) is 15.6 Å². The zero-order valence-electron chi connectivity index (χ0n) is 11.7. The third-order valence-corrected chi connectivity index (χ3v) is 4.19. The van der Waals surface area contributed by atoms with Gasteiger partial charge in [-0.25, -0.2) is 14.6 Å². The molecule has 1 aromatic heterocycles. The van der Waals surface area contributed by atoms with E-state index in [0.29, 0.717) is 11.6 Å². The maximum atomic E-state index is 11.9. The van der Waals surface area contributed by atoms with E-state index in [4.69, 9.17) is 5.11 Å². The van der Waals surface area contributed by atoms with Gasteiger partial charge in [-0.05, 0) is 55.6 Å². The number of pyridine rings is 1. The molecule has 0 saturated heterocycles. The first-order chi connectivity index (χ1) is 10.1. The standard InChI is InChI=1S/C15H19N3O3/c19-14(20)13-6-5-11(7-16-13)18-15(21)17-8-12(9-1-2-9)10-3-4-10/h5-7,9-10,12H,1-4,8H2,(H,19,20)(H2,17,18,21). The minimum atomic E-state index is -1.08. The Balaban J connectivity index is 1.48. The van der Waals surface area contributed by atoms with Gasteiger partial charge in [0, 0.05) is 6.54 Å². The van der Waals surface area contributed by atoms with Crippen molar-refractivity contribution in [3.63, 3.8) is 0 Å². The van der Waals surface area contributed by atoms with Gasteiger partial charge < -0.3 is 15.7 Å². The van der Waals surface area contributed by atoms with Crippen molar-refractivity contribution in [2.24, 2.45) is 17.8 Å². The lowest BCUT2D eigenvalue weighted by molar-refractivity contribution is 0.0690. The van der Waals surface area contributed by atoms with Gasteiger partial charge in [0.05, 0.1) is 11.9 Å². The minimum absolute atomic E-state index is 0.0384. The Morgan fingerprint density at radius 1 is 1.24 bits per heavy atom. The summed E-state index contributed by atoms with van der Waals surface area (Å²) in [6.07, 6.45) is 6.54. The first-order valence-electron chi connectivity index (χ1n) is 7.37. The smallest absolute Gasteiger partial charge is 0.354 e. The van der Waals surface area contributed by atoms with Gasteiger partial charge in [-0.1, -0.05) is 0 Å². The van der Waals surface area contributed by atoms with E-state index in [9.17, 15) is 9.59 Å². The Bertz CT molecular complexity index is 524. The number of carboxylic acid groups (broad SMARTS) is 1. The van der Waals surface area contributed by atoms with Gasteiger partial charge in [0.25, 0.3) is 0 Å². The van der Waals surface area contributed by atoms with Crippen LogP contribution in [0.1, 0.15) is 36.2 Å². The number of hydrogen-bond donors (Lipinski definition) is 3. The van der Waals surface area contributed by atoms with Crippen molar-refractivity contribution in [3.05, 3.63) is 24.0 Å².